The Morgan fingerprint density at radius 2 is 2.26 bits per heavy atom. The third-order valence-corrected chi connectivity index (χ3v) is 3.69. The van der Waals surface area contributed by atoms with Crippen molar-refractivity contribution in [2.24, 2.45) is 0 Å². The van der Waals surface area contributed by atoms with Crippen LogP contribution in [0.25, 0.3) is 5.69 Å². The third kappa shape index (κ3) is 2.98. The Morgan fingerprint density at radius 3 is 3.00 bits per heavy atom. The van der Waals surface area contributed by atoms with Crippen molar-refractivity contribution in [3.63, 3.8) is 0 Å². The Morgan fingerprint density at radius 1 is 1.42 bits per heavy atom. The number of rotatable bonds is 5. The molecule has 0 radical (unpaired) electrons. The molecular weight excluding hydrogens is 306 g/mol. The van der Waals surface area contributed by atoms with E-state index in [0.29, 0.717) is 6.04 Å². The van der Waals surface area contributed by atoms with Crippen LogP contribution in [0.5, 0.6) is 5.75 Å². The molecule has 1 saturated carbocycles. The maximum Gasteiger partial charge on any atom is 0.122 e. The highest BCUT2D eigenvalue weighted by molar-refractivity contribution is 9.10. The molecule has 0 aliphatic heterocycles. The summed E-state index contributed by atoms with van der Waals surface area (Å²) in [7, 11) is 1.68. The number of benzene rings is 1. The van der Waals surface area contributed by atoms with Gasteiger partial charge in [0.1, 0.15) is 5.75 Å². The Labute approximate surface area is 120 Å². The van der Waals surface area contributed by atoms with Gasteiger partial charge in [-0.3, -0.25) is 0 Å². The summed E-state index contributed by atoms with van der Waals surface area (Å²) < 4.78 is 8.39. The zero-order valence-corrected chi connectivity index (χ0v) is 12.4. The van der Waals surface area contributed by atoms with Gasteiger partial charge in [-0.1, -0.05) is 15.9 Å². The molecule has 19 heavy (non-hydrogen) atoms. The minimum atomic E-state index is 0.695. The van der Waals surface area contributed by atoms with E-state index < -0.39 is 0 Å². The molecule has 0 amide bonds. The van der Waals surface area contributed by atoms with Gasteiger partial charge in [-0.15, -0.1) is 0 Å². The van der Waals surface area contributed by atoms with E-state index in [0.717, 1.165) is 28.1 Å². The van der Waals surface area contributed by atoms with Crippen molar-refractivity contribution < 1.29 is 4.74 Å². The number of halogens is 1. The topological polar surface area (TPSA) is 39.1 Å². The fourth-order valence-corrected chi connectivity index (χ4v) is 2.49. The molecule has 0 spiro atoms. The van der Waals surface area contributed by atoms with Gasteiger partial charge in [0.05, 0.1) is 24.8 Å². The van der Waals surface area contributed by atoms with Crippen molar-refractivity contribution in [3.8, 4) is 11.4 Å². The quantitative estimate of drug-likeness (QED) is 0.920. The number of aromatic nitrogens is 2. The van der Waals surface area contributed by atoms with Gasteiger partial charge in [0.25, 0.3) is 0 Å². The van der Waals surface area contributed by atoms with Crippen molar-refractivity contribution in [2.75, 3.05) is 7.11 Å². The Hall–Kier alpha value is -1.33. The number of hydrogen-bond donors (Lipinski definition) is 1. The maximum atomic E-state index is 5.30. The predicted molar refractivity (Wildman–Crippen MR) is 77.7 cm³/mol. The SMILES string of the molecule is COc1cc(Br)cc(-n2cncc2CNC2CC2)c1. The van der Waals surface area contributed by atoms with Crippen molar-refractivity contribution in [3.05, 3.63) is 40.9 Å². The number of ether oxygens (including phenoxy) is 1. The van der Waals surface area contributed by atoms with Crippen molar-refractivity contribution >= 4 is 15.9 Å². The van der Waals surface area contributed by atoms with Gasteiger partial charge in [0.15, 0.2) is 0 Å². The lowest BCUT2D eigenvalue weighted by atomic mass is 10.3. The summed E-state index contributed by atoms with van der Waals surface area (Å²) in [5.41, 5.74) is 2.21. The summed E-state index contributed by atoms with van der Waals surface area (Å²) in [4.78, 5) is 4.25. The van der Waals surface area contributed by atoms with Gasteiger partial charge < -0.3 is 14.6 Å². The highest BCUT2D eigenvalue weighted by Gasteiger charge is 2.20. The van der Waals surface area contributed by atoms with Crippen LogP contribution in [0.3, 0.4) is 0 Å². The molecule has 3 rings (SSSR count). The first-order valence-electron chi connectivity index (χ1n) is 6.36. The Bertz CT molecular complexity index is 578. The average Bonchev–Trinajstić information content (AvgIpc) is 3.12. The number of hydrogen-bond acceptors (Lipinski definition) is 3. The van der Waals surface area contributed by atoms with Gasteiger partial charge in [0, 0.05) is 29.3 Å². The average molecular weight is 322 g/mol. The highest BCUT2D eigenvalue weighted by atomic mass is 79.9. The molecule has 1 fully saturated rings. The van der Waals surface area contributed by atoms with E-state index in [1.165, 1.54) is 12.8 Å². The summed E-state index contributed by atoms with van der Waals surface area (Å²) in [6, 6.07) is 6.71. The fourth-order valence-electron chi connectivity index (χ4n) is 2.03. The zero-order chi connectivity index (χ0) is 13.2. The van der Waals surface area contributed by atoms with Crippen LogP contribution < -0.4 is 10.1 Å². The van der Waals surface area contributed by atoms with Crippen molar-refractivity contribution in [1.82, 2.24) is 14.9 Å². The molecule has 0 bridgehead atoms. The van der Waals surface area contributed by atoms with Crippen LogP contribution in [0.4, 0.5) is 0 Å². The van der Waals surface area contributed by atoms with Crippen LogP contribution >= 0.6 is 15.9 Å². The van der Waals surface area contributed by atoms with Crippen LogP contribution in [0.15, 0.2) is 35.2 Å². The Balaban J connectivity index is 1.87. The summed E-state index contributed by atoms with van der Waals surface area (Å²) in [5.74, 6) is 0.833. The minimum Gasteiger partial charge on any atom is -0.497 e. The van der Waals surface area contributed by atoms with Crippen LogP contribution in [-0.2, 0) is 6.54 Å². The monoisotopic (exact) mass is 321 g/mol. The molecule has 4 nitrogen and oxygen atoms in total. The van der Waals surface area contributed by atoms with Gasteiger partial charge in [-0.2, -0.15) is 0 Å². The summed E-state index contributed by atoms with van der Waals surface area (Å²) in [6.07, 6.45) is 6.32. The van der Waals surface area contributed by atoms with Crippen LogP contribution in [0.1, 0.15) is 18.5 Å². The normalized spacial score (nSPS) is 14.6. The molecule has 1 aromatic carbocycles. The van der Waals surface area contributed by atoms with Gasteiger partial charge in [-0.05, 0) is 25.0 Å². The summed E-state index contributed by atoms with van der Waals surface area (Å²) in [6.45, 7) is 0.847. The molecule has 1 heterocycles. The standard InChI is InChI=1S/C14H16BrN3O/c1-19-14-5-10(15)4-12(6-14)18-9-16-7-13(18)8-17-11-2-3-11/h4-7,9,11,17H,2-3,8H2,1H3. The summed E-state index contributed by atoms with van der Waals surface area (Å²) in [5, 5.41) is 3.51. The Kier molecular flexibility index (Phi) is 3.57. The van der Waals surface area contributed by atoms with E-state index in [-0.39, 0.29) is 0 Å². The third-order valence-electron chi connectivity index (χ3n) is 3.23. The zero-order valence-electron chi connectivity index (χ0n) is 10.8. The van der Waals surface area contributed by atoms with Crippen LogP contribution in [0.2, 0.25) is 0 Å². The number of nitrogens with one attached hydrogen (secondary N) is 1. The molecule has 1 aliphatic rings. The van der Waals surface area contributed by atoms with E-state index in [1.54, 1.807) is 7.11 Å². The van der Waals surface area contributed by atoms with E-state index in [9.17, 15) is 0 Å². The van der Waals surface area contributed by atoms with Crippen molar-refractivity contribution in [1.29, 1.82) is 0 Å². The van der Waals surface area contributed by atoms with E-state index >= 15 is 0 Å². The lowest BCUT2D eigenvalue weighted by Crippen LogP contribution is -2.17. The minimum absolute atomic E-state index is 0.695. The summed E-state index contributed by atoms with van der Waals surface area (Å²) >= 11 is 3.51. The fraction of sp³-hybridized carbons (Fsp3) is 0.357. The van der Waals surface area contributed by atoms with E-state index in [2.05, 4.69) is 36.9 Å². The first-order chi connectivity index (χ1) is 9.26. The van der Waals surface area contributed by atoms with Gasteiger partial charge in [0.2, 0.25) is 0 Å². The number of imidazole rings is 1. The molecule has 1 aliphatic carbocycles. The molecule has 100 valence electrons. The second-order valence-corrected chi connectivity index (χ2v) is 5.68. The van der Waals surface area contributed by atoms with E-state index in [4.69, 9.17) is 4.74 Å². The van der Waals surface area contributed by atoms with Gasteiger partial charge >= 0.3 is 0 Å². The first kappa shape index (κ1) is 12.7. The maximum absolute atomic E-state index is 5.30. The first-order valence-corrected chi connectivity index (χ1v) is 7.15. The molecule has 0 saturated heterocycles. The predicted octanol–water partition coefficient (Wildman–Crippen LogP) is 2.90. The van der Waals surface area contributed by atoms with Gasteiger partial charge in [-0.25, -0.2) is 4.98 Å². The van der Waals surface area contributed by atoms with Crippen LogP contribution in [0, 0.1) is 0 Å². The second kappa shape index (κ2) is 5.35. The second-order valence-electron chi connectivity index (χ2n) is 4.76. The molecule has 0 atom stereocenters. The van der Waals surface area contributed by atoms with E-state index in [1.807, 2.05) is 24.7 Å². The molecule has 1 aromatic heterocycles. The van der Waals surface area contributed by atoms with Crippen LogP contribution in [-0.4, -0.2) is 22.7 Å². The van der Waals surface area contributed by atoms with Crippen molar-refractivity contribution in [2.45, 2.75) is 25.4 Å². The smallest absolute Gasteiger partial charge is 0.122 e. The number of nitrogens with zero attached hydrogens (tertiary/aromatic N) is 2. The molecule has 0 unspecified atom stereocenters. The lowest BCUT2D eigenvalue weighted by Gasteiger charge is -2.11. The number of methoxy groups -OCH3 is 1. The largest absolute Gasteiger partial charge is 0.497 e. The molecule has 2 aromatic rings. The highest BCUT2D eigenvalue weighted by Crippen LogP contribution is 2.25. The lowest BCUT2D eigenvalue weighted by molar-refractivity contribution is 0.414. The molecular formula is C14H16BrN3O. The molecule has 5 heteroatoms. The molecule has 1 N–H and O–H groups in total.